The van der Waals surface area contributed by atoms with Crippen LogP contribution in [0.5, 0.6) is 5.75 Å². The molecule has 3 aromatic rings. The maximum Gasteiger partial charge on any atom is 0.237 e. The molecule has 0 bridgehead atoms. The number of hydrogen-bond donors (Lipinski definition) is 0. The van der Waals surface area contributed by atoms with E-state index in [-0.39, 0.29) is 5.91 Å². The van der Waals surface area contributed by atoms with Gasteiger partial charge in [0, 0.05) is 50.1 Å². The van der Waals surface area contributed by atoms with Gasteiger partial charge in [0.1, 0.15) is 12.4 Å². The van der Waals surface area contributed by atoms with E-state index in [1.165, 1.54) is 17.5 Å². The standard InChI is InChI=1S/C31H38N4O2/c1-33(17-14-29-11-5-6-15-32-29)21-25-12-13-30-28(20-25)23-35(18-19-37-30)31(36)24-34-16-7-10-27(22-34)26-8-3-2-4-9-26/h2-6,8-9,11-13,15,20,27H,7,10,14,16-19,21-24H2,1H3/t27-/m1/s1. The van der Waals surface area contributed by atoms with Gasteiger partial charge in [-0.05, 0) is 67.7 Å². The highest BCUT2D eigenvalue weighted by Gasteiger charge is 2.26. The van der Waals surface area contributed by atoms with Crippen molar-refractivity contribution in [3.63, 3.8) is 0 Å². The number of benzene rings is 2. The van der Waals surface area contributed by atoms with E-state index in [1.54, 1.807) is 0 Å². The molecular formula is C31H38N4O2. The fraction of sp³-hybridized carbons (Fsp3) is 0.419. The number of fused-ring (bicyclic) bond motifs is 1. The Morgan fingerprint density at radius 2 is 1.95 bits per heavy atom. The molecule has 3 heterocycles. The summed E-state index contributed by atoms with van der Waals surface area (Å²) in [5, 5.41) is 0. The highest BCUT2D eigenvalue weighted by Crippen LogP contribution is 2.28. The van der Waals surface area contributed by atoms with Crippen molar-refractivity contribution in [2.75, 3.05) is 46.4 Å². The van der Waals surface area contributed by atoms with Crippen LogP contribution in [0.2, 0.25) is 0 Å². The monoisotopic (exact) mass is 498 g/mol. The van der Waals surface area contributed by atoms with Crippen LogP contribution < -0.4 is 4.74 Å². The summed E-state index contributed by atoms with van der Waals surface area (Å²) >= 11 is 0. The lowest BCUT2D eigenvalue weighted by atomic mass is 9.91. The van der Waals surface area contributed by atoms with Gasteiger partial charge in [0.15, 0.2) is 0 Å². The minimum absolute atomic E-state index is 0.197. The number of piperidine rings is 1. The molecule has 5 rings (SSSR count). The molecule has 0 radical (unpaired) electrons. The Balaban J connectivity index is 1.17. The lowest BCUT2D eigenvalue weighted by Gasteiger charge is -2.34. The van der Waals surface area contributed by atoms with Crippen molar-refractivity contribution in [1.82, 2.24) is 19.7 Å². The topological polar surface area (TPSA) is 48.9 Å². The second-order valence-electron chi connectivity index (χ2n) is 10.4. The van der Waals surface area contributed by atoms with Gasteiger partial charge in [0.25, 0.3) is 0 Å². The molecule has 37 heavy (non-hydrogen) atoms. The molecule has 0 unspecified atom stereocenters. The number of likely N-dealkylation sites (tertiary alicyclic amines) is 1. The van der Waals surface area contributed by atoms with E-state index in [1.807, 2.05) is 23.2 Å². The number of aromatic nitrogens is 1. The Kier molecular flexibility index (Phi) is 8.49. The van der Waals surface area contributed by atoms with E-state index in [0.29, 0.717) is 32.2 Å². The van der Waals surface area contributed by atoms with Crippen molar-refractivity contribution in [3.8, 4) is 5.75 Å². The van der Waals surface area contributed by atoms with Crippen LogP contribution in [-0.4, -0.2) is 72.0 Å². The average Bonchev–Trinajstić information content (AvgIpc) is 3.15. The Morgan fingerprint density at radius 3 is 2.78 bits per heavy atom. The van der Waals surface area contributed by atoms with Gasteiger partial charge in [-0.2, -0.15) is 0 Å². The Bertz CT molecular complexity index is 1150. The predicted molar refractivity (Wildman–Crippen MR) is 146 cm³/mol. The van der Waals surface area contributed by atoms with Crippen LogP contribution in [0.3, 0.4) is 0 Å². The van der Waals surface area contributed by atoms with Gasteiger partial charge in [0.2, 0.25) is 5.91 Å². The molecule has 6 heteroatoms. The Morgan fingerprint density at radius 1 is 1.08 bits per heavy atom. The molecule has 1 amide bonds. The van der Waals surface area contributed by atoms with Crippen molar-refractivity contribution >= 4 is 5.91 Å². The molecule has 194 valence electrons. The first kappa shape index (κ1) is 25.4. The quantitative estimate of drug-likeness (QED) is 0.462. The summed E-state index contributed by atoms with van der Waals surface area (Å²) in [5.74, 6) is 1.61. The van der Waals surface area contributed by atoms with E-state index in [9.17, 15) is 4.79 Å². The summed E-state index contributed by atoms with van der Waals surface area (Å²) in [7, 11) is 2.14. The molecule has 0 N–H and O–H groups in total. The summed E-state index contributed by atoms with van der Waals surface area (Å²) in [6.45, 7) is 5.98. The highest BCUT2D eigenvalue weighted by molar-refractivity contribution is 5.78. The van der Waals surface area contributed by atoms with Crippen LogP contribution in [0.4, 0.5) is 0 Å². The SMILES string of the molecule is CN(CCc1ccccn1)Cc1ccc2c(c1)CN(C(=O)CN1CCC[C@@H](c3ccccc3)C1)CCO2. The lowest BCUT2D eigenvalue weighted by Crippen LogP contribution is -2.44. The number of carbonyl (C=O) groups excluding carboxylic acids is 1. The van der Waals surface area contributed by atoms with Gasteiger partial charge in [-0.15, -0.1) is 0 Å². The molecule has 1 fully saturated rings. The Hall–Kier alpha value is -3.22. The van der Waals surface area contributed by atoms with Crippen LogP contribution in [0.25, 0.3) is 0 Å². The van der Waals surface area contributed by atoms with Gasteiger partial charge in [-0.1, -0.05) is 42.5 Å². The summed E-state index contributed by atoms with van der Waals surface area (Å²) in [6, 6.07) is 23.2. The highest BCUT2D eigenvalue weighted by atomic mass is 16.5. The molecule has 0 saturated carbocycles. The maximum absolute atomic E-state index is 13.4. The third-order valence-electron chi connectivity index (χ3n) is 7.52. The molecule has 6 nitrogen and oxygen atoms in total. The van der Waals surface area contributed by atoms with Crippen LogP contribution in [-0.2, 0) is 24.3 Å². The number of carbonyl (C=O) groups is 1. The minimum Gasteiger partial charge on any atom is -0.491 e. The van der Waals surface area contributed by atoms with Crippen molar-refractivity contribution in [1.29, 1.82) is 0 Å². The zero-order valence-corrected chi connectivity index (χ0v) is 21.9. The molecule has 0 aliphatic carbocycles. The first-order chi connectivity index (χ1) is 18.1. The first-order valence-corrected chi connectivity index (χ1v) is 13.5. The number of nitrogens with zero attached hydrogens (tertiary/aromatic N) is 4. The normalized spacial score (nSPS) is 18.2. The zero-order valence-electron chi connectivity index (χ0n) is 21.9. The largest absolute Gasteiger partial charge is 0.491 e. The maximum atomic E-state index is 13.4. The van der Waals surface area contributed by atoms with Gasteiger partial charge in [-0.3, -0.25) is 14.7 Å². The minimum atomic E-state index is 0.197. The number of hydrogen-bond acceptors (Lipinski definition) is 5. The molecule has 1 saturated heterocycles. The van der Waals surface area contributed by atoms with Crippen molar-refractivity contribution in [2.24, 2.45) is 0 Å². The van der Waals surface area contributed by atoms with Crippen LogP contribution in [0, 0.1) is 0 Å². The molecule has 1 atom stereocenters. The fourth-order valence-corrected chi connectivity index (χ4v) is 5.49. The number of likely N-dealkylation sites (N-methyl/N-ethyl adjacent to an activating group) is 1. The second-order valence-corrected chi connectivity index (χ2v) is 10.4. The zero-order chi connectivity index (χ0) is 25.5. The van der Waals surface area contributed by atoms with Crippen molar-refractivity contribution in [2.45, 2.75) is 38.3 Å². The van der Waals surface area contributed by atoms with Crippen LogP contribution in [0.15, 0.2) is 72.9 Å². The number of rotatable bonds is 8. The summed E-state index contributed by atoms with van der Waals surface area (Å²) in [4.78, 5) is 24.4. The van der Waals surface area contributed by atoms with Crippen LogP contribution >= 0.6 is 0 Å². The van der Waals surface area contributed by atoms with Gasteiger partial charge < -0.3 is 14.5 Å². The third kappa shape index (κ3) is 6.96. The Labute approximate surface area is 220 Å². The average molecular weight is 499 g/mol. The molecule has 2 aliphatic heterocycles. The van der Waals surface area contributed by atoms with E-state index < -0.39 is 0 Å². The number of ether oxygens (including phenoxy) is 1. The van der Waals surface area contributed by atoms with E-state index in [0.717, 1.165) is 56.0 Å². The molecule has 2 aromatic carbocycles. The van der Waals surface area contributed by atoms with Gasteiger partial charge in [0.05, 0.1) is 13.1 Å². The van der Waals surface area contributed by atoms with Crippen molar-refractivity contribution in [3.05, 3.63) is 95.3 Å². The molecular weight excluding hydrogens is 460 g/mol. The predicted octanol–water partition coefficient (Wildman–Crippen LogP) is 4.36. The second kappa shape index (κ2) is 12.3. The van der Waals surface area contributed by atoms with E-state index >= 15 is 0 Å². The summed E-state index contributed by atoms with van der Waals surface area (Å²) in [5.41, 5.74) is 4.83. The lowest BCUT2D eigenvalue weighted by molar-refractivity contribution is -0.133. The van der Waals surface area contributed by atoms with Gasteiger partial charge >= 0.3 is 0 Å². The summed E-state index contributed by atoms with van der Waals surface area (Å²) < 4.78 is 6.03. The molecule has 2 aliphatic rings. The van der Waals surface area contributed by atoms with Crippen molar-refractivity contribution < 1.29 is 9.53 Å². The fourth-order valence-electron chi connectivity index (χ4n) is 5.49. The molecule has 1 aromatic heterocycles. The van der Waals surface area contributed by atoms with E-state index in [4.69, 9.17) is 4.74 Å². The molecule has 0 spiro atoms. The summed E-state index contributed by atoms with van der Waals surface area (Å²) in [6.07, 6.45) is 5.10. The third-order valence-corrected chi connectivity index (χ3v) is 7.52. The van der Waals surface area contributed by atoms with Crippen LogP contribution in [0.1, 0.15) is 41.1 Å². The number of amides is 1. The number of pyridine rings is 1. The van der Waals surface area contributed by atoms with Gasteiger partial charge in [-0.25, -0.2) is 0 Å². The van der Waals surface area contributed by atoms with E-state index in [2.05, 4.69) is 76.4 Å². The smallest absolute Gasteiger partial charge is 0.237 e. The first-order valence-electron chi connectivity index (χ1n) is 13.5.